The van der Waals surface area contributed by atoms with Crippen LogP contribution in [0.1, 0.15) is 27.7 Å². The van der Waals surface area contributed by atoms with E-state index in [-0.39, 0.29) is 25.9 Å². The predicted octanol–water partition coefficient (Wildman–Crippen LogP) is 3.35. The molecule has 0 aliphatic heterocycles. The molecule has 0 unspecified atom stereocenters. The molecule has 112 valence electrons. The SMILES string of the molecule is CC1(C)C(CNS(=O)(=O)c2cnc(Cl)c(Cl)c2)C1(C)C. The van der Waals surface area contributed by atoms with E-state index in [0.29, 0.717) is 12.5 Å². The molecule has 1 N–H and O–H groups in total. The van der Waals surface area contributed by atoms with Gasteiger partial charge in [-0.25, -0.2) is 18.1 Å². The van der Waals surface area contributed by atoms with Gasteiger partial charge in [0, 0.05) is 12.7 Å². The maximum absolute atomic E-state index is 12.2. The average Bonchev–Trinajstić information content (AvgIpc) is 2.70. The summed E-state index contributed by atoms with van der Waals surface area (Å²) in [6.45, 7) is 8.99. The maximum atomic E-state index is 12.2. The number of nitrogens with one attached hydrogen (secondary N) is 1. The van der Waals surface area contributed by atoms with Crippen LogP contribution in [0, 0.1) is 16.7 Å². The fourth-order valence-corrected chi connectivity index (χ4v) is 4.02. The second-order valence-electron chi connectivity index (χ2n) is 6.29. The smallest absolute Gasteiger partial charge is 0.242 e. The van der Waals surface area contributed by atoms with Gasteiger partial charge in [0.05, 0.1) is 5.02 Å². The molecule has 0 amide bonds. The molecule has 4 nitrogen and oxygen atoms in total. The molecule has 1 aromatic heterocycles. The Morgan fingerprint density at radius 1 is 1.25 bits per heavy atom. The van der Waals surface area contributed by atoms with Crippen LogP contribution in [-0.4, -0.2) is 19.9 Å². The molecule has 1 aliphatic carbocycles. The molecule has 1 fully saturated rings. The highest BCUT2D eigenvalue weighted by atomic mass is 35.5. The number of hydrogen-bond donors (Lipinski definition) is 1. The Morgan fingerprint density at radius 3 is 2.25 bits per heavy atom. The van der Waals surface area contributed by atoms with Crippen LogP contribution in [-0.2, 0) is 10.0 Å². The van der Waals surface area contributed by atoms with Crippen molar-refractivity contribution in [3.05, 3.63) is 22.4 Å². The average molecular weight is 337 g/mol. The fourth-order valence-electron chi connectivity index (χ4n) is 2.67. The molecule has 0 radical (unpaired) electrons. The van der Waals surface area contributed by atoms with Crippen molar-refractivity contribution < 1.29 is 8.42 Å². The number of pyridine rings is 1. The lowest BCUT2D eigenvalue weighted by Crippen LogP contribution is -2.27. The fraction of sp³-hybridized carbons (Fsp3) is 0.615. The molecular formula is C13H18Cl2N2O2S. The van der Waals surface area contributed by atoms with Gasteiger partial charge in [0.15, 0.2) is 0 Å². The molecule has 0 bridgehead atoms. The summed E-state index contributed by atoms with van der Waals surface area (Å²) in [4.78, 5) is 3.79. The number of nitrogens with zero attached hydrogens (tertiary/aromatic N) is 1. The van der Waals surface area contributed by atoms with Crippen molar-refractivity contribution in [1.82, 2.24) is 9.71 Å². The third-order valence-electron chi connectivity index (χ3n) is 4.88. The molecule has 1 saturated carbocycles. The number of sulfonamides is 1. The third kappa shape index (κ3) is 2.56. The molecule has 1 aromatic rings. The molecule has 7 heteroatoms. The summed E-state index contributed by atoms with van der Waals surface area (Å²) in [5, 5.41) is 0.219. The first-order valence-electron chi connectivity index (χ1n) is 6.31. The van der Waals surface area contributed by atoms with Gasteiger partial charge in [-0.3, -0.25) is 0 Å². The zero-order chi connectivity index (χ0) is 15.3. The van der Waals surface area contributed by atoms with Gasteiger partial charge < -0.3 is 0 Å². The van der Waals surface area contributed by atoms with Crippen LogP contribution in [0.2, 0.25) is 10.2 Å². The monoisotopic (exact) mass is 336 g/mol. The van der Waals surface area contributed by atoms with Crippen molar-refractivity contribution >= 4 is 33.2 Å². The van der Waals surface area contributed by atoms with Crippen molar-refractivity contribution in [1.29, 1.82) is 0 Å². The molecule has 2 rings (SSSR count). The van der Waals surface area contributed by atoms with E-state index in [1.807, 2.05) is 0 Å². The Balaban J connectivity index is 2.11. The van der Waals surface area contributed by atoms with E-state index in [4.69, 9.17) is 23.2 Å². The Kier molecular flexibility index (Phi) is 3.87. The second kappa shape index (κ2) is 4.83. The van der Waals surface area contributed by atoms with Crippen molar-refractivity contribution in [2.75, 3.05) is 6.54 Å². The topological polar surface area (TPSA) is 59.1 Å². The highest BCUT2D eigenvalue weighted by molar-refractivity contribution is 7.89. The summed E-state index contributed by atoms with van der Waals surface area (Å²) in [6.07, 6.45) is 1.21. The number of halogens is 2. The van der Waals surface area contributed by atoms with E-state index in [2.05, 4.69) is 37.4 Å². The van der Waals surface area contributed by atoms with Crippen LogP contribution >= 0.6 is 23.2 Å². The predicted molar refractivity (Wildman–Crippen MR) is 80.5 cm³/mol. The van der Waals surface area contributed by atoms with Gasteiger partial charge in [0.2, 0.25) is 10.0 Å². The molecule has 1 aliphatic rings. The lowest BCUT2D eigenvalue weighted by molar-refractivity contribution is 0.457. The number of aromatic nitrogens is 1. The number of hydrogen-bond acceptors (Lipinski definition) is 3. The molecule has 0 aromatic carbocycles. The Labute approximate surface area is 129 Å². The summed E-state index contributed by atoms with van der Waals surface area (Å²) < 4.78 is 27.0. The molecule has 1 heterocycles. The van der Waals surface area contributed by atoms with Gasteiger partial charge in [-0.15, -0.1) is 0 Å². The van der Waals surface area contributed by atoms with Crippen LogP contribution in [0.3, 0.4) is 0 Å². The van der Waals surface area contributed by atoms with E-state index >= 15 is 0 Å². The van der Waals surface area contributed by atoms with Crippen molar-refractivity contribution in [3.63, 3.8) is 0 Å². The van der Waals surface area contributed by atoms with Gasteiger partial charge >= 0.3 is 0 Å². The quantitative estimate of drug-likeness (QED) is 0.857. The largest absolute Gasteiger partial charge is 0.242 e. The van der Waals surface area contributed by atoms with E-state index in [9.17, 15) is 8.42 Å². The van der Waals surface area contributed by atoms with E-state index < -0.39 is 10.0 Å². The zero-order valence-electron chi connectivity index (χ0n) is 11.9. The van der Waals surface area contributed by atoms with Crippen LogP contribution in [0.5, 0.6) is 0 Å². The lowest BCUT2D eigenvalue weighted by Gasteiger charge is -2.08. The summed E-state index contributed by atoms with van der Waals surface area (Å²) in [7, 11) is -3.61. The molecule has 0 saturated heterocycles. The first-order chi connectivity index (χ1) is 9.00. The van der Waals surface area contributed by atoms with Gasteiger partial charge in [0.25, 0.3) is 0 Å². The second-order valence-corrected chi connectivity index (χ2v) is 8.82. The molecule has 0 atom stereocenters. The highest BCUT2D eigenvalue weighted by Crippen LogP contribution is 2.67. The summed E-state index contributed by atoms with van der Waals surface area (Å²) in [5.41, 5.74) is 0.261. The molecule has 20 heavy (non-hydrogen) atoms. The zero-order valence-corrected chi connectivity index (χ0v) is 14.2. The molecule has 0 spiro atoms. The van der Waals surface area contributed by atoms with Crippen LogP contribution < -0.4 is 4.72 Å². The van der Waals surface area contributed by atoms with E-state index in [1.54, 1.807) is 0 Å². The summed E-state index contributed by atoms with van der Waals surface area (Å²) in [6, 6.07) is 1.31. The minimum atomic E-state index is -3.61. The minimum Gasteiger partial charge on any atom is -0.242 e. The summed E-state index contributed by atoms with van der Waals surface area (Å²) >= 11 is 11.5. The summed E-state index contributed by atoms with van der Waals surface area (Å²) in [5.74, 6) is 0.306. The first kappa shape index (κ1) is 16.0. The van der Waals surface area contributed by atoms with Gasteiger partial charge in [-0.05, 0) is 22.8 Å². The molecular weight excluding hydrogens is 319 g/mol. The van der Waals surface area contributed by atoms with Crippen LogP contribution in [0.25, 0.3) is 0 Å². The van der Waals surface area contributed by atoms with Gasteiger partial charge in [-0.2, -0.15) is 0 Å². The van der Waals surface area contributed by atoms with E-state index in [0.717, 1.165) is 0 Å². The standard InChI is InChI=1S/C13H18Cl2N2O2S/c1-12(2)10(13(12,3)4)7-17-20(18,19)8-5-9(14)11(15)16-6-8/h5-6,10,17H,7H2,1-4H3. The normalized spacial score (nSPS) is 20.9. The van der Waals surface area contributed by atoms with Gasteiger partial charge in [-0.1, -0.05) is 50.9 Å². The van der Waals surface area contributed by atoms with Crippen molar-refractivity contribution in [3.8, 4) is 0 Å². The van der Waals surface area contributed by atoms with Crippen LogP contribution in [0.4, 0.5) is 0 Å². The number of rotatable bonds is 4. The van der Waals surface area contributed by atoms with E-state index in [1.165, 1.54) is 12.3 Å². The maximum Gasteiger partial charge on any atom is 0.242 e. The first-order valence-corrected chi connectivity index (χ1v) is 8.55. The third-order valence-corrected chi connectivity index (χ3v) is 6.96. The van der Waals surface area contributed by atoms with Gasteiger partial charge in [0.1, 0.15) is 10.0 Å². The van der Waals surface area contributed by atoms with Crippen LogP contribution in [0.15, 0.2) is 17.2 Å². The highest BCUT2D eigenvalue weighted by Gasteiger charge is 2.64. The minimum absolute atomic E-state index is 0.0307. The van der Waals surface area contributed by atoms with Crippen molar-refractivity contribution in [2.24, 2.45) is 16.7 Å². The van der Waals surface area contributed by atoms with Crippen molar-refractivity contribution in [2.45, 2.75) is 32.6 Å². The Morgan fingerprint density at radius 2 is 1.80 bits per heavy atom. The Bertz CT molecular complexity index is 628. The Hall–Kier alpha value is -0.360. The lowest BCUT2D eigenvalue weighted by atomic mass is 10.0.